The van der Waals surface area contributed by atoms with Gasteiger partial charge in [-0.05, 0) is 135 Å². The van der Waals surface area contributed by atoms with E-state index < -0.39 is 19.1 Å². The van der Waals surface area contributed by atoms with Gasteiger partial charge in [0.2, 0.25) is 11.8 Å². The molecule has 1 N–H and O–H groups in total. The third kappa shape index (κ3) is 8.77. The van der Waals surface area contributed by atoms with Crippen molar-refractivity contribution in [3.63, 3.8) is 0 Å². The Balaban J connectivity index is 0.000000167. The number of anilines is 5. The molecule has 4 aliphatic rings. The average Bonchev–Trinajstić information content (AvgIpc) is 3.97. The lowest BCUT2D eigenvalue weighted by Gasteiger charge is -2.35. The van der Waals surface area contributed by atoms with Crippen LogP contribution in [0.15, 0.2) is 106 Å². The fraction of sp³-hybridized carbons (Fsp3) is 0.293. The molecule has 2 fully saturated rings. The number of sulfonamides is 1. The van der Waals surface area contributed by atoms with E-state index in [1.165, 1.54) is 52.9 Å². The van der Waals surface area contributed by atoms with Gasteiger partial charge in [-0.25, -0.2) is 21.8 Å². The van der Waals surface area contributed by atoms with Gasteiger partial charge in [-0.2, -0.15) is 0 Å². The second-order valence-corrected chi connectivity index (χ2v) is 20.6. The summed E-state index contributed by atoms with van der Waals surface area (Å²) < 4.78 is 50.4. The van der Waals surface area contributed by atoms with E-state index in [1.54, 1.807) is 39.4 Å². The Hall–Kier alpha value is -4.38. The van der Waals surface area contributed by atoms with E-state index in [4.69, 9.17) is 33.9 Å². The number of aromatic nitrogens is 1. The van der Waals surface area contributed by atoms with Crippen LogP contribution in [0.4, 0.5) is 27.9 Å². The number of benzene rings is 4. The van der Waals surface area contributed by atoms with Gasteiger partial charge in [-0.15, -0.1) is 11.3 Å². The van der Waals surface area contributed by atoms with Crippen molar-refractivity contribution < 1.29 is 26.4 Å². The largest absolute Gasteiger partial charge is 0.359 e. The van der Waals surface area contributed by atoms with Gasteiger partial charge >= 0.3 is 0 Å². The number of hydrogen-bond acceptors (Lipinski definition) is 10. The van der Waals surface area contributed by atoms with Gasteiger partial charge in [0, 0.05) is 81.2 Å². The number of nitrogens with zero attached hydrogens (tertiary/aromatic N) is 5. The van der Waals surface area contributed by atoms with Crippen molar-refractivity contribution in [3.05, 3.63) is 118 Å². The number of aryl methyl sites for hydroxylation is 2. The van der Waals surface area contributed by atoms with E-state index in [9.17, 15) is 26.4 Å². The van der Waals surface area contributed by atoms with Gasteiger partial charge in [-0.3, -0.25) is 14.3 Å². The maximum atomic E-state index is 13.3. The van der Waals surface area contributed by atoms with Crippen LogP contribution >= 0.6 is 45.2 Å². The lowest BCUT2D eigenvalue weighted by atomic mass is 9.99. The van der Waals surface area contributed by atoms with Crippen LogP contribution in [0.2, 0.25) is 10.0 Å². The van der Waals surface area contributed by atoms with Crippen molar-refractivity contribution in [3.8, 4) is 0 Å². The minimum atomic E-state index is -3.77. The molecule has 2 amide bonds. The van der Waals surface area contributed by atoms with E-state index in [2.05, 4.69) is 19.5 Å². The fourth-order valence-corrected chi connectivity index (χ4v) is 11.2. The lowest BCUT2D eigenvalue weighted by molar-refractivity contribution is -0.119. The molecule has 4 aliphatic heterocycles. The first-order valence-corrected chi connectivity index (χ1v) is 24.5. The summed E-state index contributed by atoms with van der Waals surface area (Å²) in [5.41, 5.74) is 5.89. The fourth-order valence-electron chi connectivity index (χ4n) is 8.30. The van der Waals surface area contributed by atoms with Gasteiger partial charge in [-0.1, -0.05) is 23.2 Å². The smallest absolute Gasteiger partial charge is 0.263 e. The maximum absolute atomic E-state index is 13.3. The Kier molecular flexibility index (Phi) is 11.9. The Labute approximate surface area is 361 Å². The molecule has 1 aromatic heterocycles. The summed E-state index contributed by atoms with van der Waals surface area (Å²) in [5, 5.41) is 3.44. The SMILES string of the molecule is O=C1C(N2CCCc3cc(Cl)ccc32)CCN1c1ccc(S(=O)(=O)Cl)cc1.O=C1C(N2CCCc3cc(Cl)ccc32)CCN1c1ccc(S(=O)(=O)Nc2nccs2)cc1. The van der Waals surface area contributed by atoms with E-state index in [-0.39, 0.29) is 33.7 Å². The molecule has 0 bridgehead atoms. The highest BCUT2D eigenvalue weighted by Gasteiger charge is 2.40. The highest BCUT2D eigenvalue weighted by molar-refractivity contribution is 8.13. The second kappa shape index (κ2) is 16.9. The van der Waals surface area contributed by atoms with Gasteiger partial charge < -0.3 is 19.6 Å². The Bertz CT molecular complexity index is 2600. The number of nitrogens with one attached hydrogen (secondary N) is 1. The number of hydrogen-bond donors (Lipinski definition) is 1. The molecule has 0 spiro atoms. The normalized spacial score (nSPS) is 19.3. The highest BCUT2D eigenvalue weighted by atomic mass is 35.7. The molecular weight excluding hydrogens is 875 g/mol. The molecule has 5 aromatic rings. The molecule has 12 nitrogen and oxygen atoms in total. The van der Waals surface area contributed by atoms with Crippen molar-refractivity contribution in [2.24, 2.45) is 0 Å². The predicted octanol–water partition coefficient (Wildman–Crippen LogP) is 7.98. The van der Waals surface area contributed by atoms with Crippen LogP contribution in [-0.2, 0) is 41.5 Å². The average molecular weight is 914 g/mol. The first-order chi connectivity index (χ1) is 28.3. The Morgan fingerprint density at radius 1 is 0.644 bits per heavy atom. The molecule has 2 unspecified atom stereocenters. The molecule has 0 saturated carbocycles. The van der Waals surface area contributed by atoms with E-state index >= 15 is 0 Å². The van der Waals surface area contributed by atoms with E-state index in [0.717, 1.165) is 56.6 Å². The number of carbonyl (C=O) groups excluding carboxylic acids is 2. The Morgan fingerprint density at radius 2 is 1.12 bits per heavy atom. The third-order valence-corrected chi connectivity index (χ3v) is 15.1. The molecular formula is C41H39Cl3N6O6S3. The summed E-state index contributed by atoms with van der Waals surface area (Å²) in [6.07, 6.45) is 6.86. The number of rotatable bonds is 8. The number of amides is 2. The summed E-state index contributed by atoms with van der Waals surface area (Å²) in [5.74, 6) is 0.0589. The number of carbonyl (C=O) groups is 2. The molecule has 18 heteroatoms. The number of thiazole rings is 1. The minimum Gasteiger partial charge on any atom is -0.359 e. The lowest BCUT2D eigenvalue weighted by Crippen LogP contribution is -2.44. The molecule has 2 saturated heterocycles. The topological polar surface area (TPSA) is 140 Å². The van der Waals surface area contributed by atoms with Crippen LogP contribution < -0.4 is 24.3 Å². The van der Waals surface area contributed by atoms with Gasteiger partial charge in [0.05, 0.1) is 9.79 Å². The predicted molar refractivity (Wildman–Crippen MR) is 235 cm³/mol. The van der Waals surface area contributed by atoms with Crippen LogP contribution in [-0.4, -0.2) is 71.9 Å². The van der Waals surface area contributed by atoms with Crippen LogP contribution in [0.1, 0.15) is 36.8 Å². The first kappa shape index (κ1) is 41.4. The summed E-state index contributed by atoms with van der Waals surface area (Å²) in [6, 6.07) is 23.7. The van der Waals surface area contributed by atoms with Crippen molar-refractivity contribution in [2.45, 2.75) is 60.4 Å². The Morgan fingerprint density at radius 3 is 1.56 bits per heavy atom. The second-order valence-electron chi connectivity index (χ2n) is 14.6. The molecule has 9 rings (SSSR count). The molecule has 0 aliphatic carbocycles. The van der Waals surface area contributed by atoms with Crippen molar-refractivity contribution in [2.75, 3.05) is 50.5 Å². The maximum Gasteiger partial charge on any atom is 0.263 e. The molecule has 308 valence electrons. The van der Waals surface area contributed by atoms with Gasteiger partial charge in [0.25, 0.3) is 19.1 Å². The number of halogens is 3. The summed E-state index contributed by atoms with van der Waals surface area (Å²) >= 11 is 13.5. The van der Waals surface area contributed by atoms with Crippen molar-refractivity contribution >= 4 is 104 Å². The molecule has 5 heterocycles. The van der Waals surface area contributed by atoms with E-state index in [1.807, 2.05) is 36.4 Å². The molecule has 59 heavy (non-hydrogen) atoms. The van der Waals surface area contributed by atoms with Crippen molar-refractivity contribution in [1.82, 2.24) is 4.98 Å². The molecule has 2 atom stereocenters. The van der Waals surface area contributed by atoms with Crippen LogP contribution in [0.5, 0.6) is 0 Å². The molecule has 4 aromatic carbocycles. The zero-order chi connectivity index (χ0) is 41.5. The van der Waals surface area contributed by atoms with Gasteiger partial charge in [0.1, 0.15) is 12.1 Å². The standard InChI is InChI=1S/C22H21ClN4O3S2.C19H18Cl2N2O3S/c23-16-3-8-19-15(14-16)2-1-11-27(19)20-9-12-26(21(20)28)17-4-6-18(7-5-17)32(29,30)25-22-24-10-13-31-22;20-14-3-8-17-13(12-14)2-1-10-23(17)18-9-11-22(19(18)24)15-4-6-16(7-5-15)27(21,25)26/h3-8,10,13-14,20H,1-2,9,11-12H2,(H,24,25);3-8,12,18H,1-2,9-11H2. The number of fused-ring (bicyclic) bond motifs is 2. The van der Waals surface area contributed by atoms with Crippen LogP contribution in [0.25, 0.3) is 0 Å². The monoisotopic (exact) mass is 912 g/mol. The summed E-state index contributed by atoms with van der Waals surface area (Å²) in [4.78, 5) is 38.3. The summed E-state index contributed by atoms with van der Waals surface area (Å²) in [7, 11) is -2.14. The van der Waals surface area contributed by atoms with Crippen molar-refractivity contribution in [1.29, 1.82) is 0 Å². The zero-order valence-corrected chi connectivity index (χ0v) is 36.2. The third-order valence-electron chi connectivity index (χ3n) is 11.0. The first-order valence-electron chi connectivity index (χ1n) is 19.1. The highest BCUT2D eigenvalue weighted by Crippen LogP contribution is 2.37. The minimum absolute atomic E-state index is 0.0259. The van der Waals surface area contributed by atoms with E-state index in [0.29, 0.717) is 46.1 Å². The van der Waals surface area contributed by atoms with Crippen LogP contribution in [0.3, 0.4) is 0 Å². The zero-order valence-electron chi connectivity index (χ0n) is 31.5. The van der Waals surface area contributed by atoms with Crippen LogP contribution in [0, 0.1) is 0 Å². The molecule has 0 radical (unpaired) electrons. The summed E-state index contributed by atoms with van der Waals surface area (Å²) in [6.45, 7) is 2.85. The van der Waals surface area contributed by atoms with Gasteiger partial charge in [0.15, 0.2) is 5.13 Å². The quantitative estimate of drug-likeness (QED) is 0.154.